The Morgan fingerprint density at radius 1 is 1.35 bits per heavy atom. The fourth-order valence-electron chi connectivity index (χ4n) is 2.76. The zero-order chi connectivity index (χ0) is 14.5. The average molecular weight is 315 g/mol. The maximum atomic E-state index is 10.5. The van der Waals surface area contributed by atoms with Crippen molar-refractivity contribution in [1.82, 2.24) is 9.78 Å². The minimum absolute atomic E-state index is 0.284. The van der Waals surface area contributed by atoms with Crippen LogP contribution in [-0.4, -0.2) is 43.0 Å². The van der Waals surface area contributed by atoms with Crippen molar-refractivity contribution < 1.29 is 5.11 Å². The van der Waals surface area contributed by atoms with Gasteiger partial charge in [-0.05, 0) is 18.9 Å². The number of hydrogen-bond acceptors (Lipinski definition) is 4. The highest BCUT2D eigenvalue weighted by atomic mass is 32.2. The standard InChI is InChI=1S/C15H26N2OS2/c1-4-13(5-2)17-7-6-12(16-17)10-14(18)15-11(3)19-8-9-20-15/h6-7,11,13-15,18H,4-5,8-10H2,1-3H3. The summed E-state index contributed by atoms with van der Waals surface area (Å²) in [4.78, 5) is 0. The number of aliphatic hydroxyl groups is 1. The summed E-state index contributed by atoms with van der Waals surface area (Å²) in [7, 11) is 0. The summed E-state index contributed by atoms with van der Waals surface area (Å²) in [5.41, 5.74) is 1.02. The second-order valence-corrected chi connectivity index (χ2v) is 8.21. The van der Waals surface area contributed by atoms with Gasteiger partial charge in [-0.1, -0.05) is 20.8 Å². The van der Waals surface area contributed by atoms with Crippen LogP contribution in [-0.2, 0) is 6.42 Å². The quantitative estimate of drug-likeness (QED) is 0.873. The number of aliphatic hydroxyl groups excluding tert-OH is 1. The molecule has 2 rings (SSSR count). The fourth-order valence-corrected chi connectivity index (χ4v) is 5.60. The summed E-state index contributed by atoms with van der Waals surface area (Å²) in [5.74, 6) is 2.36. The molecule has 1 aromatic heterocycles. The lowest BCUT2D eigenvalue weighted by molar-refractivity contribution is 0.169. The largest absolute Gasteiger partial charge is 0.392 e. The van der Waals surface area contributed by atoms with Gasteiger partial charge < -0.3 is 5.11 Å². The molecule has 1 aliphatic rings. The van der Waals surface area contributed by atoms with Gasteiger partial charge in [-0.15, -0.1) is 0 Å². The molecule has 3 unspecified atom stereocenters. The van der Waals surface area contributed by atoms with E-state index in [1.165, 1.54) is 5.75 Å². The van der Waals surface area contributed by atoms with Gasteiger partial charge in [0.05, 0.1) is 17.8 Å². The Kier molecular flexibility index (Phi) is 6.30. The Bertz CT molecular complexity index is 406. The molecular formula is C15H26N2OS2. The Morgan fingerprint density at radius 3 is 2.70 bits per heavy atom. The molecule has 1 N–H and O–H groups in total. The fraction of sp³-hybridized carbons (Fsp3) is 0.800. The molecule has 1 fully saturated rings. The minimum atomic E-state index is -0.284. The highest BCUT2D eigenvalue weighted by Gasteiger charge is 2.29. The van der Waals surface area contributed by atoms with E-state index in [2.05, 4.69) is 42.8 Å². The first kappa shape index (κ1) is 16.2. The lowest BCUT2D eigenvalue weighted by Crippen LogP contribution is -2.36. The van der Waals surface area contributed by atoms with Crippen LogP contribution in [0, 0.1) is 0 Å². The van der Waals surface area contributed by atoms with Gasteiger partial charge in [0.15, 0.2) is 0 Å². The van der Waals surface area contributed by atoms with Gasteiger partial charge >= 0.3 is 0 Å². The molecule has 5 heteroatoms. The van der Waals surface area contributed by atoms with E-state index in [1.807, 2.05) is 23.5 Å². The van der Waals surface area contributed by atoms with Crippen molar-refractivity contribution in [2.45, 2.75) is 62.7 Å². The first-order chi connectivity index (χ1) is 9.65. The molecule has 2 heterocycles. The van der Waals surface area contributed by atoms with Crippen LogP contribution in [0.3, 0.4) is 0 Å². The summed E-state index contributed by atoms with van der Waals surface area (Å²) >= 11 is 3.89. The number of rotatable bonds is 6. The molecule has 3 nitrogen and oxygen atoms in total. The topological polar surface area (TPSA) is 38.0 Å². The van der Waals surface area contributed by atoms with Gasteiger partial charge in [0.25, 0.3) is 0 Å². The van der Waals surface area contributed by atoms with Gasteiger partial charge in [0.2, 0.25) is 0 Å². The van der Waals surface area contributed by atoms with Gasteiger partial charge in [0, 0.05) is 34.6 Å². The molecule has 0 saturated carbocycles. The number of thioether (sulfide) groups is 2. The molecule has 114 valence electrons. The van der Waals surface area contributed by atoms with Crippen LogP contribution >= 0.6 is 23.5 Å². The maximum absolute atomic E-state index is 10.5. The molecule has 1 saturated heterocycles. The maximum Gasteiger partial charge on any atom is 0.0725 e. The summed E-state index contributed by atoms with van der Waals surface area (Å²) < 4.78 is 2.06. The summed E-state index contributed by atoms with van der Waals surface area (Å²) in [6.07, 6.45) is 4.66. The molecule has 3 atom stereocenters. The molecule has 0 amide bonds. The normalized spacial score (nSPS) is 25.1. The number of nitrogens with zero attached hydrogens (tertiary/aromatic N) is 2. The summed E-state index contributed by atoms with van der Waals surface area (Å²) in [6, 6.07) is 2.55. The molecule has 0 bridgehead atoms. The van der Waals surface area contributed by atoms with Crippen molar-refractivity contribution in [3.8, 4) is 0 Å². The first-order valence-electron chi connectivity index (χ1n) is 7.61. The summed E-state index contributed by atoms with van der Waals surface area (Å²) in [6.45, 7) is 6.62. The minimum Gasteiger partial charge on any atom is -0.392 e. The summed E-state index contributed by atoms with van der Waals surface area (Å²) in [5, 5.41) is 16.0. The molecule has 0 aromatic carbocycles. The van der Waals surface area contributed by atoms with Gasteiger partial charge in [0.1, 0.15) is 0 Å². The highest BCUT2D eigenvalue weighted by Crippen LogP contribution is 2.33. The van der Waals surface area contributed by atoms with Gasteiger partial charge in [-0.2, -0.15) is 28.6 Å². The van der Waals surface area contributed by atoms with E-state index in [0.29, 0.717) is 23.0 Å². The monoisotopic (exact) mass is 314 g/mol. The van der Waals surface area contributed by atoms with Crippen LogP contribution in [0.4, 0.5) is 0 Å². The van der Waals surface area contributed by atoms with E-state index in [9.17, 15) is 5.11 Å². The first-order valence-corrected chi connectivity index (χ1v) is 9.70. The predicted molar refractivity (Wildman–Crippen MR) is 89.7 cm³/mol. The highest BCUT2D eigenvalue weighted by molar-refractivity contribution is 8.07. The Hall–Kier alpha value is -0.130. The Morgan fingerprint density at radius 2 is 2.05 bits per heavy atom. The van der Waals surface area contributed by atoms with Crippen LogP contribution in [0.2, 0.25) is 0 Å². The van der Waals surface area contributed by atoms with E-state index < -0.39 is 0 Å². The SMILES string of the molecule is CCC(CC)n1ccc(CC(O)C2SCCSC2C)n1. The van der Waals surface area contributed by atoms with Crippen molar-refractivity contribution in [2.75, 3.05) is 11.5 Å². The van der Waals surface area contributed by atoms with E-state index in [0.717, 1.165) is 24.3 Å². The van der Waals surface area contributed by atoms with E-state index in [1.54, 1.807) is 0 Å². The Balaban J connectivity index is 1.95. The second kappa shape index (κ2) is 7.76. The lowest BCUT2D eigenvalue weighted by atomic mass is 10.1. The number of hydrogen-bond donors (Lipinski definition) is 1. The third kappa shape index (κ3) is 3.95. The smallest absolute Gasteiger partial charge is 0.0725 e. The number of aromatic nitrogens is 2. The molecule has 1 aromatic rings. The third-order valence-electron chi connectivity index (χ3n) is 4.01. The second-order valence-electron chi connectivity index (χ2n) is 5.44. The lowest BCUT2D eigenvalue weighted by Gasteiger charge is -2.31. The van der Waals surface area contributed by atoms with E-state index in [-0.39, 0.29) is 6.10 Å². The zero-order valence-corrected chi connectivity index (χ0v) is 14.3. The van der Waals surface area contributed by atoms with Crippen molar-refractivity contribution in [3.63, 3.8) is 0 Å². The molecule has 0 aliphatic carbocycles. The van der Waals surface area contributed by atoms with Crippen LogP contribution < -0.4 is 0 Å². The van der Waals surface area contributed by atoms with Gasteiger partial charge in [-0.3, -0.25) is 4.68 Å². The molecule has 0 spiro atoms. The van der Waals surface area contributed by atoms with Crippen LogP contribution in [0.15, 0.2) is 12.3 Å². The molecule has 20 heavy (non-hydrogen) atoms. The average Bonchev–Trinajstić information content (AvgIpc) is 2.89. The van der Waals surface area contributed by atoms with Crippen molar-refractivity contribution >= 4 is 23.5 Å². The van der Waals surface area contributed by atoms with E-state index in [4.69, 9.17) is 0 Å². The molecule has 1 aliphatic heterocycles. The zero-order valence-electron chi connectivity index (χ0n) is 12.7. The van der Waals surface area contributed by atoms with Crippen LogP contribution in [0.1, 0.15) is 45.3 Å². The third-order valence-corrected chi connectivity index (χ3v) is 7.25. The van der Waals surface area contributed by atoms with E-state index >= 15 is 0 Å². The van der Waals surface area contributed by atoms with Crippen molar-refractivity contribution in [1.29, 1.82) is 0 Å². The van der Waals surface area contributed by atoms with Crippen LogP contribution in [0.5, 0.6) is 0 Å². The van der Waals surface area contributed by atoms with Gasteiger partial charge in [-0.25, -0.2) is 0 Å². The molecule has 0 radical (unpaired) electrons. The Labute approximate surface area is 130 Å². The predicted octanol–water partition coefficient (Wildman–Crippen LogP) is 3.38. The molecular weight excluding hydrogens is 288 g/mol. The van der Waals surface area contributed by atoms with Crippen molar-refractivity contribution in [2.24, 2.45) is 0 Å². The van der Waals surface area contributed by atoms with Crippen molar-refractivity contribution in [3.05, 3.63) is 18.0 Å². The van der Waals surface area contributed by atoms with Crippen LogP contribution in [0.25, 0.3) is 0 Å².